The van der Waals surface area contributed by atoms with Gasteiger partial charge in [0.2, 0.25) is 0 Å². The van der Waals surface area contributed by atoms with Crippen molar-refractivity contribution in [1.82, 2.24) is 0 Å². The minimum atomic E-state index is -4.45. The lowest BCUT2D eigenvalue weighted by Crippen LogP contribution is -2.18. The first-order valence-corrected chi connectivity index (χ1v) is 5.38. The zero-order chi connectivity index (χ0) is 14.5. The van der Waals surface area contributed by atoms with Gasteiger partial charge in [-0.05, 0) is 23.8 Å². The number of ether oxygens (including phenoxy) is 1. The third-order valence-corrected chi connectivity index (χ3v) is 2.19. The fraction of sp³-hybridized carbons (Fsp3) is 0.417. The molecule has 0 heterocycles. The molecule has 0 unspecified atom stereocenters. The molecule has 0 aliphatic carbocycles. The largest absolute Gasteiger partial charge is 0.411 e. The molecular formula is C12H11F5O2. The van der Waals surface area contributed by atoms with Crippen molar-refractivity contribution in [3.63, 3.8) is 0 Å². The number of carbonyl (C=O) groups is 1. The number of carbonyl (C=O) groups excluding carboxylic acids is 1. The zero-order valence-corrected chi connectivity index (χ0v) is 9.77. The maximum atomic E-state index is 13.2. The Morgan fingerprint density at radius 2 is 1.89 bits per heavy atom. The van der Waals surface area contributed by atoms with Gasteiger partial charge >= 0.3 is 6.18 Å². The molecule has 0 spiro atoms. The summed E-state index contributed by atoms with van der Waals surface area (Å²) in [6.45, 7) is -1.84. The van der Waals surface area contributed by atoms with Crippen molar-refractivity contribution in [3.05, 3.63) is 35.4 Å². The van der Waals surface area contributed by atoms with Crippen LogP contribution in [-0.4, -0.2) is 25.2 Å². The highest BCUT2D eigenvalue weighted by molar-refractivity contribution is 5.80. The lowest BCUT2D eigenvalue weighted by atomic mass is 10.1. The Morgan fingerprint density at radius 3 is 2.53 bits per heavy atom. The van der Waals surface area contributed by atoms with Crippen LogP contribution < -0.4 is 0 Å². The molecule has 19 heavy (non-hydrogen) atoms. The van der Waals surface area contributed by atoms with E-state index < -0.39 is 36.8 Å². The molecule has 1 aromatic carbocycles. The van der Waals surface area contributed by atoms with Crippen LogP contribution in [0.5, 0.6) is 0 Å². The minimum absolute atomic E-state index is 0.124. The fourth-order valence-corrected chi connectivity index (χ4v) is 1.35. The monoisotopic (exact) mass is 282 g/mol. The van der Waals surface area contributed by atoms with E-state index in [-0.39, 0.29) is 18.4 Å². The van der Waals surface area contributed by atoms with Crippen molar-refractivity contribution in [2.45, 2.75) is 19.0 Å². The quantitative estimate of drug-likeness (QED) is 0.592. The van der Waals surface area contributed by atoms with Gasteiger partial charge in [-0.25, -0.2) is 8.78 Å². The second-order valence-corrected chi connectivity index (χ2v) is 3.87. The first kappa shape index (κ1) is 15.6. The SMILES string of the molecule is O=C(CCOCC(F)(F)F)Cc1cc(F)ccc1F. The third kappa shape index (κ3) is 6.28. The van der Waals surface area contributed by atoms with Crippen molar-refractivity contribution in [2.75, 3.05) is 13.2 Å². The molecule has 0 fully saturated rings. The van der Waals surface area contributed by atoms with Crippen LogP contribution in [0.1, 0.15) is 12.0 Å². The molecule has 0 aliphatic rings. The highest BCUT2D eigenvalue weighted by Crippen LogP contribution is 2.15. The molecule has 0 radical (unpaired) electrons. The summed E-state index contributed by atoms with van der Waals surface area (Å²) in [5, 5.41) is 0. The smallest absolute Gasteiger partial charge is 0.372 e. The van der Waals surface area contributed by atoms with E-state index >= 15 is 0 Å². The van der Waals surface area contributed by atoms with Crippen molar-refractivity contribution in [3.8, 4) is 0 Å². The Balaban J connectivity index is 2.37. The van der Waals surface area contributed by atoms with E-state index in [0.29, 0.717) is 0 Å². The molecule has 106 valence electrons. The average Bonchev–Trinajstić information content (AvgIpc) is 2.28. The summed E-state index contributed by atoms with van der Waals surface area (Å²) in [6, 6.07) is 2.68. The molecule has 0 atom stereocenters. The van der Waals surface area contributed by atoms with Crippen LogP contribution in [0, 0.1) is 11.6 Å². The van der Waals surface area contributed by atoms with Gasteiger partial charge in [-0.3, -0.25) is 4.79 Å². The first-order chi connectivity index (χ1) is 8.78. The van der Waals surface area contributed by atoms with Crippen molar-refractivity contribution >= 4 is 5.78 Å². The molecule has 1 rings (SSSR count). The molecule has 0 bridgehead atoms. The highest BCUT2D eigenvalue weighted by Gasteiger charge is 2.27. The van der Waals surface area contributed by atoms with Gasteiger partial charge in [0.1, 0.15) is 24.0 Å². The Hall–Kier alpha value is -1.50. The lowest BCUT2D eigenvalue weighted by molar-refractivity contribution is -0.174. The molecule has 7 heteroatoms. The summed E-state index contributed by atoms with van der Waals surface area (Å²) in [7, 11) is 0. The maximum absolute atomic E-state index is 13.2. The third-order valence-electron chi connectivity index (χ3n) is 2.19. The van der Waals surface area contributed by atoms with E-state index in [1.54, 1.807) is 0 Å². The standard InChI is InChI=1S/C12H11F5O2/c13-9-1-2-11(14)8(5-9)6-10(18)3-4-19-7-12(15,16)17/h1-2,5H,3-4,6-7H2. The van der Waals surface area contributed by atoms with Gasteiger partial charge in [0, 0.05) is 12.8 Å². The number of rotatable bonds is 6. The van der Waals surface area contributed by atoms with Crippen LogP contribution in [0.3, 0.4) is 0 Å². The van der Waals surface area contributed by atoms with Crippen LogP contribution in [-0.2, 0) is 16.0 Å². The summed E-state index contributed by atoms with van der Waals surface area (Å²) >= 11 is 0. The fourth-order valence-electron chi connectivity index (χ4n) is 1.35. The van der Waals surface area contributed by atoms with Crippen LogP contribution in [0.4, 0.5) is 22.0 Å². The number of hydrogen-bond acceptors (Lipinski definition) is 2. The number of halogens is 5. The minimum Gasteiger partial charge on any atom is -0.372 e. The molecule has 0 saturated carbocycles. The molecule has 0 N–H and O–H groups in total. The Bertz CT molecular complexity index is 442. The van der Waals surface area contributed by atoms with E-state index in [2.05, 4.69) is 4.74 Å². The second-order valence-electron chi connectivity index (χ2n) is 3.87. The Morgan fingerprint density at radius 1 is 1.21 bits per heavy atom. The van der Waals surface area contributed by atoms with Gasteiger partial charge in [0.05, 0.1) is 6.61 Å². The molecule has 0 aromatic heterocycles. The number of Topliss-reactive ketones (excluding diaryl/α,β-unsaturated/α-hetero) is 1. The number of benzene rings is 1. The van der Waals surface area contributed by atoms with E-state index in [0.717, 1.165) is 18.2 Å². The zero-order valence-electron chi connectivity index (χ0n) is 9.77. The second kappa shape index (κ2) is 6.60. The van der Waals surface area contributed by atoms with Gasteiger partial charge in [-0.2, -0.15) is 13.2 Å². The van der Waals surface area contributed by atoms with Crippen LogP contribution in [0.25, 0.3) is 0 Å². The molecule has 0 aliphatic heterocycles. The van der Waals surface area contributed by atoms with Gasteiger partial charge in [0.25, 0.3) is 0 Å². The first-order valence-electron chi connectivity index (χ1n) is 5.38. The highest BCUT2D eigenvalue weighted by atomic mass is 19.4. The predicted octanol–water partition coefficient (Wildman–Crippen LogP) is 3.05. The molecule has 0 saturated heterocycles. The molecule has 2 nitrogen and oxygen atoms in total. The summed E-state index contributed by atoms with van der Waals surface area (Å²) in [5.74, 6) is -1.94. The van der Waals surface area contributed by atoms with Crippen LogP contribution in [0.15, 0.2) is 18.2 Å². The van der Waals surface area contributed by atoms with E-state index in [9.17, 15) is 26.7 Å². The van der Waals surface area contributed by atoms with Gasteiger partial charge in [0.15, 0.2) is 0 Å². The van der Waals surface area contributed by atoms with Gasteiger partial charge < -0.3 is 4.74 Å². The van der Waals surface area contributed by atoms with E-state index in [4.69, 9.17) is 0 Å². The van der Waals surface area contributed by atoms with Crippen molar-refractivity contribution in [2.24, 2.45) is 0 Å². The van der Waals surface area contributed by atoms with Crippen molar-refractivity contribution < 1.29 is 31.5 Å². The lowest BCUT2D eigenvalue weighted by Gasteiger charge is -2.07. The maximum Gasteiger partial charge on any atom is 0.411 e. The van der Waals surface area contributed by atoms with Crippen LogP contribution in [0.2, 0.25) is 0 Å². The average molecular weight is 282 g/mol. The summed E-state index contributed by atoms with van der Waals surface area (Å²) in [6.07, 6.45) is -5.11. The summed E-state index contributed by atoms with van der Waals surface area (Å²) in [4.78, 5) is 11.4. The molecule has 1 aromatic rings. The predicted molar refractivity (Wildman–Crippen MR) is 56.6 cm³/mol. The normalized spacial score (nSPS) is 11.6. The van der Waals surface area contributed by atoms with E-state index in [1.165, 1.54) is 0 Å². The van der Waals surface area contributed by atoms with E-state index in [1.807, 2.05) is 0 Å². The summed E-state index contributed by atoms with van der Waals surface area (Å²) in [5.41, 5.74) is -0.124. The molecular weight excluding hydrogens is 271 g/mol. The Labute approximate surface area is 106 Å². The topological polar surface area (TPSA) is 26.3 Å². The van der Waals surface area contributed by atoms with Gasteiger partial charge in [-0.15, -0.1) is 0 Å². The number of ketones is 1. The number of alkyl halides is 3. The number of hydrogen-bond donors (Lipinski definition) is 0. The van der Waals surface area contributed by atoms with Crippen molar-refractivity contribution in [1.29, 1.82) is 0 Å². The Kier molecular flexibility index (Phi) is 5.41. The van der Waals surface area contributed by atoms with Gasteiger partial charge in [-0.1, -0.05) is 0 Å². The molecule has 0 amide bonds. The van der Waals surface area contributed by atoms with Crippen LogP contribution >= 0.6 is 0 Å². The summed E-state index contributed by atoms with van der Waals surface area (Å²) < 4.78 is 65.4.